The van der Waals surface area contributed by atoms with Gasteiger partial charge < -0.3 is 9.64 Å². The van der Waals surface area contributed by atoms with Gasteiger partial charge in [-0.1, -0.05) is 35.9 Å². The normalized spacial score (nSPS) is 10.5. The third-order valence-corrected chi connectivity index (χ3v) is 4.15. The van der Waals surface area contributed by atoms with Crippen molar-refractivity contribution in [3.05, 3.63) is 90.0 Å². The van der Waals surface area contributed by atoms with E-state index in [9.17, 15) is 4.79 Å². The van der Waals surface area contributed by atoms with E-state index in [4.69, 9.17) is 10.00 Å². The molecule has 0 saturated heterocycles. The lowest BCUT2D eigenvalue weighted by Gasteiger charge is -2.21. The summed E-state index contributed by atoms with van der Waals surface area (Å²) in [4.78, 5) is 13.8. The van der Waals surface area contributed by atoms with E-state index in [1.807, 2.05) is 49.4 Å². The molecule has 0 bridgehead atoms. The standard InChI is InChI=1S/C23H20N4O2/c1-18-7-9-20(10-8-18)25-26-21-11-13-22(14-12-21)27(16-15-24)17-29-23(28)19-5-3-2-4-6-19/h2-14H,16-17H2,1H3. The van der Waals surface area contributed by atoms with E-state index in [1.165, 1.54) is 5.56 Å². The largest absolute Gasteiger partial charge is 0.441 e. The Labute approximate surface area is 169 Å². The van der Waals surface area contributed by atoms with Crippen LogP contribution in [0.25, 0.3) is 0 Å². The van der Waals surface area contributed by atoms with Gasteiger partial charge in [0, 0.05) is 5.69 Å². The van der Waals surface area contributed by atoms with E-state index in [2.05, 4.69) is 16.3 Å². The molecule has 0 atom stereocenters. The topological polar surface area (TPSA) is 78.1 Å². The zero-order chi connectivity index (χ0) is 20.5. The average molecular weight is 384 g/mol. The molecule has 0 fully saturated rings. The van der Waals surface area contributed by atoms with E-state index < -0.39 is 5.97 Å². The quantitative estimate of drug-likeness (QED) is 0.231. The lowest BCUT2D eigenvalue weighted by atomic mass is 10.2. The van der Waals surface area contributed by atoms with Crippen LogP contribution in [0.2, 0.25) is 0 Å². The van der Waals surface area contributed by atoms with E-state index in [1.54, 1.807) is 41.3 Å². The Morgan fingerprint density at radius 1 is 0.931 bits per heavy atom. The third-order valence-electron chi connectivity index (χ3n) is 4.15. The highest BCUT2D eigenvalue weighted by atomic mass is 16.5. The number of benzene rings is 3. The van der Waals surface area contributed by atoms with Crippen LogP contribution in [0.1, 0.15) is 15.9 Å². The first kappa shape index (κ1) is 19.8. The summed E-state index contributed by atoms with van der Waals surface area (Å²) in [7, 11) is 0. The van der Waals surface area contributed by atoms with Gasteiger partial charge in [-0.3, -0.25) is 0 Å². The zero-order valence-electron chi connectivity index (χ0n) is 16.0. The van der Waals surface area contributed by atoms with Gasteiger partial charge in [0.15, 0.2) is 6.73 Å². The molecule has 0 saturated carbocycles. The fourth-order valence-corrected chi connectivity index (χ4v) is 2.55. The second kappa shape index (κ2) is 9.81. The van der Waals surface area contributed by atoms with Crippen molar-refractivity contribution in [3.63, 3.8) is 0 Å². The molecule has 0 unspecified atom stereocenters. The summed E-state index contributed by atoms with van der Waals surface area (Å²) in [6.45, 7) is 2.08. The van der Waals surface area contributed by atoms with Gasteiger partial charge >= 0.3 is 5.97 Å². The summed E-state index contributed by atoms with van der Waals surface area (Å²) in [6, 6.07) is 25.8. The van der Waals surface area contributed by atoms with E-state index in [0.29, 0.717) is 11.3 Å². The number of hydrogen-bond donors (Lipinski definition) is 0. The van der Waals surface area contributed by atoms with Crippen LogP contribution in [0, 0.1) is 18.3 Å². The van der Waals surface area contributed by atoms with Crippen molar-refractivity contribution in [2.75, 3.05) is 18.2 Å². The summed E-state index contributed by atoms with van der Waals surface area (Å²) in [5, 5.41) is 17.5. The molecule has 3 aromatic rings. The van der Waals surface area contributed by atoms with Gasteiger partial charge in [0.1, 0.15) is 6.54 Å². The number of azo groups is 1. The number of hydrogen-bond acceptors (Lipinski definition) is 6. The number of rotatable bonds is 7. The molecular formula is C23H20N4O2. The first-order valence-electron chi connectivity index (χ1n) is 9.08. The Balaban J connectivity index is 1.64. The van der Waals surface area contributed by atoms with Gasteiger partial charge in [-0.2, -0.15) is 15.5 Å². The van der Waals surface area contributed by atoms with Crippen molar-refractivity contribution in [1.29, 1.82) is 5.26 Å². The van der Waals surface area contributed by atoms with Crippen LogP contribution < -0.4 is 4.90 Å². The maximum Gasteiger partial charge on any atom is 0.339 e. The third kappa shape index (κ3) is 5.75. The van der Waals surface area contributed by atoms with E-state index in [-0.39, 0.29) is 13.3 Å². The summed E-state index contributed by atoms with van der Waals surface area (Å²) in [6.07, 6.45) is 0. The number of aryl methyl sites for hydroxylation is 1. The van der Waals surface area contributed by atoms with Gasteiger partial charge in [0.2, 0.25) is 0 Å². The molecule has 144 valence electrons. The van der Waals surface area contributed by atoms with Crippen LogP contribution >= 0.6 is 0 Å². The fourth-order valence-electron chi connectivity index (χ4n) is 2.55. The van der Waals surface area contributed by atoms with Crippen LogP contribution in [0.5, 0.6) is 0 Å². The maximum atomic E-state index is 12.1. The first-order chi connectivity index (χ1) is 14.2. The molecule has 0 aliphatic rings. The Morgan fingerprint density at radius 3 is 2.10 bits per heavy atom. The molecule has 0 aliphatic carbocycles. The molecule has 0 N–H and O–H groups in total. The zero-order valence-corrected chi connectivity index (χ0v) is 16.0. The molecule has 29 heavy (non-hydrogen) atoms. The molecule has 0 aromatic heterocycles. The highest BCUT2D eigenvalue weighted by molar-refractivity contribution is 5.89. The maximum absolute atomic E-state index is 12.1. The molecule has 0 amide bonds. The lowest BCUT2D eigenvalue weighted by molar-refractivity contribution is 0.0507. The van der Waals surface area contributed by atoms with Crippen molar-refractivity contribution >= 4 is 23.0 Å². The lowest BCUT2D eigenvalue weighted by Crippen LogP contribution is -2.28. The Bertz CT molecular complexity index is 1010. The molecule has 6 nitrogen and oxygen atoms in total. The van der Waals surface area contributed by atoms with Crippen LogP contribution in [-0.4, -0.2) is 19.2 Å². The van der Waals surface area contributed by atoms with Crippen LogP contribution in [0.3, 0.4) is 0 Å². The van der Waals surface area contributed by atoms with E-state index >= 15 is 0 Å². The predicted molar refractivity (Wildman–Crippen MR) is 111 cm³/mol. The SMILES string of the molecule is Cc1ccc(N=Nc2ccc(N(CC#N)COC(=O)c3ccccc3)cc2)cc1. The number of esters is 1. The van der Waals surface area contributed by atoms with Crippen molar-refractivity contribution in [3.8, 4) is 6.07 Å². The number of nitrogens with zero attached hydrogens (tertiary/aromatic N) is 4. The average Bonchev–Trinajstić information content (AvgIpc) is 2.77. The Kier molecular flexibility index (Phi) is 6.69. The van der Waals surface area contributed by atoms with Gasteiger partial charge in [-0.25, -0.2) is 4.79 Å². The molecule has 0 radical (unpaired) electrons. The Hall–Kier alpha value is -3.98. The smallest absolute Gasteiger partial charge is 0.339 e. The Morgan fingerprint density at radius 2 is 1.52 bits per heavy atom. The van der Waals surface area contributed by atoms with Crippen molar-refractivity contribution in [2.24, 2.45) is 10.2 Å². The molecule has 3 rings (SSSR count). The number of carbonyl (C=O) groups excluding carboxylic acids is 1. The van der Waals surface area contributed by atoms with Gasteiger partial charge in [0.05, 0.1) is 23.0 Å². The second-order valence-electron chi connectivity index (χ2n) is 6.33. The van der Waals surface area contributed by atoms with Gasteiger partial charge in [-0.15, -0.1) is 0 Å². The van der Waals surface area contributed by atoms with Crippen LogP contribution in [0.15, 0.2) is 89.1 Å². The fraction of sp³-hybridized carbons (Fsp3) is 0.130. The van der Waals surface area contributed by atoms with Crippen LogP contribution in [0.4, 0.5) is 17.1 Å². The minimum absolute atomic E-state index is 0.0223. The van der Waals surface area contributed by atoms with E-state index in [0.717, 1.165) is 11.4 Å². The highest BCUT2D eigenvalue weighted by Gasteiger charge is 2.11. The van der Waals surface area contributed by atoms with Crippen molar-refractivity contribution < 1.29 is 9.53 Å². The number of ether oxygens (including phenoxy) is 1. The molecule has 0 aliphatic heterocycles. The number of nitriles is 1. The van der Waals surface area contributed by atoms with Crippen LogP contribution in [-0.2, 0) is 4.74 Å². The number of anilines is 1. The predicted octanol–water partition coefficient (Wildman–Crippen LogP) is 5.55. The minimum atomic E-state index is -0.433. The summed E-state index contributed by atoms with van der Waals surface area (Å²) < 4.78 is 5.34. The second-order valence-corrected chi connectivity index (χ2v) is 6.33. The van der Waals surface area contributed by atoms with Crippen molar-refractivity contribution in [1.82, 2.24) is 0 Å². The summed E-state index contributed by atoms with van der Waals surface area (Å²) in [5.41, 5.74) is 3.85. The monoisotopic (exact) mass is 384 g/mol. The molecule has 0 spiro atoms. The van der Waals surface area contributed by atoms with Gasteiger partial charge in [0.25, 0.3) is 0 Å². The minimum Gasteiger partial charge on any atom is -0.441 e. The van der Waals surface area contributed by atoms with Gasteiger partial charge in [-0.05, 0) is 55.5 Å². The first-order valence-corrected chi connectivity index (χ1v) is 9.08. The highest BCUT2D eigenvalue weighted by Crippen LogP contribution is 2.22. The number of carbonyl (C=O) groups is 1. The molecule has 3 aromatic carbocycles. The molecule has 0 heterocycles. The molecular weight excluding hydrogens is 364 g/mol. The molecule has 6 heteroatoms. The summed E-state index contributed by atoms with van der Waals surface area (Å²) in [5.74, 6) is -0.433. The van der Waals surface area contributed by atoms with Crippen molar-refractivity contribution in [2.45, 2.75) is 6.92 Å². The summed E-state index contributed by atoms with van der Waals surface area (Å²) >= 11 is 0.